The van der Waals surface area contributed by atoms with Gasteiger partial charge in [-0.2, -0.15) is 0 Å². The van der Waals surface area contributed by atoms with Gasteiger partial charge in [-0.05, 0) is 30.5 Å². The standard InChI is InChI=1S/C19H22N2O6/c1-25-17-8-4-3-6-14(17)7-5-11-20-19(22)13-27-15-9-10-16(21(23)24)18(12-15)26-2/h3-4,6,8-10,12H,5,7,11,13H2,1-2H3,(H,20,22). The zero-order valence-electron chi connectivity index (χ0n) is 15.3. The molecular weight excluding hydrogens is 352 g/mol. The van der Waals surface area contributed by atoms with Gasteiger partial charge in [0.1, 0.15) is 11.5 Å². The molecule has 0 saturated heterocycles. The van der Waals surface area contributed by atoms with Gasteiger partial charge in [0, 0.05) is 18.7 Å². The predicted molar refractivity (Wildman–Crippen MR) is 99.5 cm³/mol. The van der Waals surface area contributed by atoms with E-state index in [1.807, 2.05) is 24.3 Å². The third kappa shape index (κ3) is 5.88. The highest BCUT2D eigenvalue weighted by molar-refractivity contribution is 5.77. The normalized spacial score (nSPS) is 10.1. The van der Waals surface area contributed by atoms with Crippen LogP contribution in [0.3, 0.4) is 0 Å². The van der Waals surface area contributed by atoms with Crippen molar-refractivity contribution in [2.24, 2.45) is 0 Å². The Morgan fingerprint density at radius 2 is 1.85 bits per heavy atom. The second-order valence-electron chi connectivity index (χ2n) is 5.64. The van der Waals surface area contributed by atoms with Crippen molar-refractivity contribution < 1.29 is 23.9 Å². The minimum Gasteiger partial charge on any atom is -0.496 e. The lowest BCUT2D eigenvalue weighted by Crippen LogP contribution is -2.29. The fourth-order valence-electron chi connectivity index (χ4n) is 2.51. The van der Waals surface area contributed by atoms with E-state index in [1.54, 1.807) is 7.11 Å². The average Bonchev–Trinajstić information content (AvgIpc) is 2.69. The van der Waals surface area contributed by atoms with E-state index < -0.39 is 4.92 Å². The summed E-state index contributed by atoms with van der Waals surface area (Å²) in [5, 5.41) is 13.6. The molecule has 1 N–H and O–H groups in total. The summed E-state index contributed by atoms with van der Waals surface area (Å²) in [6.45, 7) is 0.319. The molecule has 0 aromatic heterocycles. The zero-order chi connectivity index (χ0) is 19.6. The highest BCUT2D eigenvalue weighted by Crippen LogP contribution is 2.30. The summed E-state index contributed by atoms with van der Waals surface area (Å²) < 4.78 is 15.6. The van der Waals surface area contributed by atoms with E-state index in [1.165, 1.54) is 25.3 Å². The summed E-state index contributed by atoms with van der Waals surface area (Å²) in [5.74, 6) is 0.961. The lowest BCUT2D eigenvalue weighted by molar-refractivity contribution is -0.385. The molecule has 0 atom stereocenters. The van der Waals surface area contributed by atoms with Gasteiger partial charge in [-0.1, -0.05) is 18.2 Å². The summed E-state index contributed by atoms with van der Waals surface area (Å²) >= 11 is 0. The van der Waals surface area contributed by atoms with Crippen LogP contribution >= 0.6 is 0 Å². The first kappa shape index (κ1) is 20.0. The van der Waals surface area contributed by atoms with E-state index in [0.29, 0.717) is 12.3 Å². The number of ether oxygens (including phenoxy) is 3. The van der Waals surface area contributed by atoms with Crippen molar-refractivity contribution in [3.8, 4) is 17.2 Å². The first-order valence-electron chi connectivity index (χ1n) is 8.39. The molecule has 0 heterocycles. The summed E-state index contributed by atoms with van der Waals surface area (Å²) in [6, 6.07) is 11.8. The number of hydrogen-bond acceptors (Lipinski definition) is 6. The number of nitrogens with one attached hydrogen (secondary N) is 1. The number of rotatable bonds is 10. The first-order chi connectivity index (χ1) is 13.0. The number of hydrogen-bond donors (Lipinski definition) is 1. The summed E-state index contributed by atoms with van der Waals surface area (Å²) in [6.07, 6.45) is 1.54. The largest absolute Gasteiger partial charge is 0.496 e. The van der Waals surface area contributed by atoms with Crippen LogP contribution in [0.1, 0.15) is 12.0 Å². The third-order valence-electron chi connectivity index (χ3n) is 3.86. The number of methoxy groups -OCH3 is 2. The molecular formula is C19H22N2O6. The molecule has 2 rings (SSSR count). The smallest absolute Gasteiger partial charge is 0.311 e. The number of carbonyl (C=O) groups is 1. The number of nitro benzene ring substituents is 1. The molecule has 2 aromatic rings. The fraction of sp³-hybridized carbons (Fsp3) is 0.316. The molecule has 8 heteroatoms. The Bertz CT molecular complexity index is 794. The molecule has 0 spiro atoms. The number of carbonyl (C=O) groups excluding carboxylic acids is 1. The number of benzene rings is 2. The molecule has 0 bridgehead atoms. The van der Waals surface area contributed by atoms with E-state index in [-0.39, 0.29) is 24.0 Å². The molecule has 0 unspecified atom stereocenters. The second-order valence-corrected chi connectivity index (χ2v) is 5.64. The molecule has 27 heavy (non-hydrogen) atoms. The van der Waals surface area contributed by atoms with Crippen LogP contribution in [0.25, 0.3) is 0 Å². The van der Waals surface area contributed by atoms with Gasteiger partial charge in [-0.15, -0.1) is 0 Å². The van der Waals surface area contributed by atoms with Crippen molar-refractivity contribution in [3.05, 3.63) is 58.1 Å². The van der Waals surface area contributed by atoms with E-state index in [9.17, 15) is 14.9 Å². The van der Waals surface area contributed by atoms with Crippen LogP contribution < -0.4 is 19.5 Å². The van der Waals surface area contributed by atoms with Crippen LogP contribution in [-0.2, 0) is 11.2 Å². The van der Waals surface area contributed by atoms with Gasteiger partial charge in [-0.3, -0.25) is 14.9 Å². The maximum atomic E-state index is 11.9. The van der Waals surface area contributed by atoms with Crippen LogP contribution in [0, 0.1) is 10.1 Å². The molecule has 144 valence electrons. The molecule has 0 aliphatic rings. The van der Waals surface area contributed by atoms with E-state index in [4.69, 9.17) is 14.2 Å². The van der Waals surface area contributed by atoms with Crippen molar-refractivity contribution in [1.29, 1.82) is 0 Å². The lowest BCUT2D eigenvalue weighted by atomic mass is 10.1. The molecule has 2 aromatic carbocycles. The summed E-state index contributed by atoms with van der Waals surface area (Å²) in [5.41, 5.74) is 0.925. The fourth-order valence-corrected chi connectivity index (χ4v) is 2.51. The zero-order valence-corrected chi connectivity index (χ0v) is 15.3. The Kier molecular flexibility index (Phi) is 7.42. The van der Waals surface area contributed by atoms with Crippen LogP contribution in [0.2, 0.25) is 0 Å². The minimum absolute atomic E-state index is 0.0784. The second kappa shape index (κ2) is 10.0. The Morgan fingerprint density at radius 1 is 1.11 bits per heavy atom. The van der Waals surface area contributed by atoms with E-state index in [2.05, 4.69) is 5.32 Å². The first-order valence-corrected chi connectivity index (χ1v) is 8.39. The van der Waals surface area contributed by atoms with Crippen LogP contribution in [0.15, 0.2) is 42.5 Å². The summed E-state index contributed by atoms with van der Waals surface area (Å²) in [4.78, 5) is 22.2. The number of amides is 1. The molecule has 0 fully saturated rings. The van der Waals surface area contributed by atoms with Crippen molar-refractivity contribution in [2.45, 2.75) is 12.8 Å². The van der Waals surface area contributed by atoms with Gasteiger partial charge < -0.3 is 19.5 Å². The highest BCUT2D eigenvalue weighted by Gasteiger charge is 2.15. The lowest BCUT2D eigenvalue weighted by Gasteiger charge is -2.10. The van der Waals surface area contributed by atoms with Crippen LogP contribution in [0.5, 0.6) is 17.2 Å². The molecule has 0 aliphatic carbocycles. The molecule has 0 aliphatic heterocycles. The van der Waals surface area contributed by atoms with E-state index in [0.717, 1.165) is 24.2 Å². The van der Waals surface area contributed by atoms with Gasteiger partial charge in [0.2, 0.25) is 5.75 Å². The van der Waals surface area contributed by atoms with Crippen LogP contribution in [0.4, 0.5) is 5.69 Å². The van der Waals surface area contributed by atoms with Gasteiger partial charge in [0.25, 0.3) is 5.91 Å². The monoisotopic (exact) mass is 374 g/mol. The number of nitro groups is 1. The average molecular weight is 374 g/mol. The van der Waals surface area contributed by atoms with Crippen molar-refractivity contribution in [1.82, 2.24) is 5.32 Å². The van der Waals surface area contributed by atoms with Crippen LogP contribution in [-0.4, -0.2) is 38.2 Å². The van der Waals surface area contributed by atoms with Gasteiger partial charge >= 0.3 is 5.69 Å². The molecule has 8 nitrogen and oxygen atoms in total. The van der Waals surface area contributed by atoms with Gasteiger partial charge in [-0.25, -0.2) is 0 Å². The minimum atomic E-state index is -0.545. The highest BCUT2D eigenvalue weighted by atomic mass is 16.6. The van der Waals surface area contributed by atoms with Gasteiger partial charge in [0.15, 0.2) is 6.61 Å². The quantitative estimate of drug-likeness (QED) is 0.390. The Balaban J connectivity index is 1.75. The van der Waals surface area contributed by atoms with Crippen molar-refractivity contribution in [2.75, 3.05) is 27.4 Å². The van der Waals surface area contributed by atoms with Crippen molar-refractivity contribution >= 4 is 11.6 Å². The van der Waals surface area contributed by atoms with Gasteiger partial charge in [0.05, 0.1) is 19.1 Å². The molecule has 0 saturated carbocycles. The number of nitrogens with zero attached hydrogens (tertiary/aromatic N) is 1. The maximum absolute atomic E-state index is 11.9. The Labute approximate surface area is 157 Å². The predicted octanol–water partition coefficient (Wildman–Crippen LogP) is 2.74. The Morgan fingerprint density at radius 3 is 2.56 bits per heavy atom. The molecule has 0 radical (unpaired) electrons. The number of aryl methyl sites for hydroxylation is 1. The molecule has 1 amide bonds. The topological polar surface area (TPSA) is 99.9 Å². The SMILES string of the molecule is COc1ccccc1CCCNC(=O)COc1ccc([N+](=O)[O-])c(OC)c1. The van der Waals surface area contributed by atoms with Crippen molar-refractivity contribution in [3.63, 3.8) is 0 Å². The van der Waals surface area contributed by atoms with E-state index >= 15 is 0 Å². The summed E-state index contributed by atoms with van der Waals surface area (Å²) in [7, 11) is 2.96. The number of para-hydroxylation sites is 1. The Hall–Kier alpha value is -3.29. The maximum Gasteiger partial charge on any atom is 0.311 e. The third-order valence-corrected chi connectivity index (χ3v) is 3.86.